The van der Waals surface area contributed by atoms with Gasteiger partial charge in [0, 0.05) is 11.4 Å². The number of rotatable bonds is 3. The largest absolute Gasteiger partial charge is 0.247 e. The maximum absolute atomic E-state index is 8.51. The topological polar surface area (TPSA) is 36.7 Å². The number of thioether (sulfide) groups is 1. The number of halogens is 1. The van der Waals surface area contributed by atoms with Gasteiger partial charge in [0.1, 0.15) is 5.38 Å². The number of aromatic nitrogens is 1. The van der Waals surface area contributed by atoms with E-state index in [4.69, 9.17) is 16.9 Å². The van der Waals surface area contributed by atoms with Crippen LogP contribution in [0.4, 0.5) is 0 Å². The van der Waals surface area contributed by atoms with Crippen LogP contribution in [0, 0.1) is 25.2 Å². The van der Waals surface area contributed by atoms with Crippen LogP contribution in [-0.2, 0) is 0 Å². The summed E-state index contributed by atoms with van der Waals surface area (Å²) in [4.78, 5) is 4.34. The zero-order valence-electron chi connectivity index (χ0n) is 8.12. The molecular weight excluding hydrogens is 216 g/mol. The minimum Gasteiger partial charge on any atom is -0.247 e. The van der Waals surface area contributed by atoms with E-state index in [9.17, 15) is 0 Å². The summed E-state index contributed by atoms with van der Waals surface area (Å²) < 4.78 is 0. The molecule has 1 heterocycles. The predicted octanol–water partition coefficient (Wildman–Crippen LogP) is 2.92. The van der Waals surface area contributed by atoms with Crippen LogP contribution in [0.5, 0.6) is 0 Å². The highest BCUT2D eigenvalue weighted by molar-refractivity contribution is 7.99. The third-order valence-corrected chi connectivity index (χ3v) is 3.03. The van der Waals surface area contributed by atoms with Gasteiger partial charge in [-0.15, -0.1) is 23.4 Å². The molecule has 1 aromatic heterocycles. The lowest BCUT2D eigenvalue weighted by atomic mass is 10.3. The highest BCUT2D eigenvalue weighted by Gasteiger charge is 2.04. The molecule has 1 aromatic rings. The molecule has 0 aliphatic rings. The standard InChI is InChI=1S/C10H11ClN2S/c1-7-3-8(2)13-10(4-7)14-6-9(11)5-12/h3-4,9H,6H2,1-2H3. The van der Waals surface area contributed by atoms with Crippen molar-refractivity contribution in [1.82, 2.24) is 4.98 Å². The fraction of sp³-hybridized carbons (Fsp3) is 0.400. The highest BCUT2D eigenvalue weighted by Crippen LogP contribution is 2.19. The van der Waals surface area contributed by atoms with E-state index in [1.165, 1.54) is 17.3 Å². The van der Waals surface area contributed by atoms with E-state index in [1.54, 1.807) is 0 Å². The Balaban J connectivity index is 2.64. The van der Waals surface area contributed by atoms with Crippen LogP contribution in [0.25, 0.3) is 0 Å². The van der Waals surface area contributed by atoms with Crippen LogP contribution >= 0.6 is 23.4 Å². The second-order valence-corrected chi connectivity index (χ2v) is 4.60. The fourth-order valence-electron chi connectivity index (χ4n) is 1.07. The predicted molar refractivity (Wildman–Crippen MR) is 59.7 cm³/mol. The molecule has 0 saturated heterocycles. The zero-order chi connectivity index (χ0) is 10.6. The molecule has 0 N–H and O–H groups in total. The van der Waals surface area contributed by atoms with E-state index in [-0.39, 0.29) is 0 Å². The van der Waals surface area contributed by atoms with Crippen molar-refractivity contribution in [2.75, 3.05) is 5.75 Å². The number of alkyl halides is 1. The Bertz CT molecular complexity index is 339. The zero-order valence-corrected chi connectivity index (χ0v) is 9.69. The maximum atomic E-state index is 8.51. The Labute approximate surface area is 93.3 Å². The molecule has 1 unspecified atom stereocenters. The Morgan fingerprint density at radius 2 is 2.29 bits per heavy atom. The van der Waals surface area contributed by atoms with E-state index in [0.717, 1.165) is 10.7 Å². The average Bonchev–Trinajstić information content (AvgIpc) is 2.12. The van der Waals surface area contributed by atoms with Crippen LogP contribution < -0.4 is 0 Å². The van der Waals surface area contributed by atoms with Crippen molar-refractivity contribution in [1.29, 1.82) is 5.26 Å². The Morgan fingerprint density at radius 1 is 1.57 bits per heavy atom. The van der Waals surface area contributed by atoms with Gasteiger partial charge in [-0.3, -0.25) is 0 Å². The summed E-state index contributed by atoms with van der Waals surface area (Å²) in [6, 6.07) is 6.00. The molecule has 0 aliphatic heterocycles. The molecule has 0 aliphatic carbocycles. The van der Waals surface area contributed by atoms with E-state index >= 15 is 0 Å². The first-order valence-electron chi connectivity index (χ1n) is 4.23. The van der Waals surface area contributed by atoms with Crippen LogP contribution in [0.2, 0.25) is 0 Å². The van der Waals surface area contributed by atoms with Gasteiger partial charge in [0.15, 0.2) is 0 Å². The van der Waals surface area contributed by atoms with Gasteiger partial charge in [-0.05, 0) is 31.5 Å². The van der Waals surface area contributed by atoms with Crippen molar-refractivity contribution < 1.29 is 0 Å². The molecule has 0 bridgehead atoms. The molecule has 1 atom stereocenters. The number of hydrogen-bond donors (Lipinski definition) is 0. The normalized spacial score (nSPS) is 12.1. The summed E-state index contributed by atoms with van der Waals surface area (Å²) in [5.41, 5.74) is 2.18. The smallest absolute Gasteiger partial charge is 0.130 e. The lowest BCUT2D eigenvalue weighted by Crippen LogP contribution is -1.98. The van der Waals surface area contributed by atoms with E-state index in [1.807, 2.05) is 32.0 Å². The monoisotopic (exact) mass is 226 g/mol. The first-order valence-corrected chi connectivity index (χ1v) is 5.66. The summed E-state index contributed by atoms with van der Waals surface area (Å²) in [6.45, 7) is 3.99. The summed E-state index contributed by atoms with van der Waals surface area (Å²) in [5.74, 6) is 0.577. The Morgan fingerprint density at radius 3 is 2.86 bits per heavy atom. The second kappa shape index (κ2) is 5.23. The molecule has 0 spiro atoms. The van der Waals surface area contributed by atoms with Crippen molar-refractivity contribution >= 4 is 23.4 Å². The van der Waals surface area contributed by atoms with Crippen molar-refractivity contribution in [3.8, 4) is 6.07 Å². The van der Waals surface area contributed by atoms with Gasteiger partial charge in [0.2, 0.25) is 0 Å². The van der Waals surface area contributed by atoms with Gasteiger partial charge < -0.3 is 0 Å². The van der Waals surface area contributed by atoms with E-state index in [2.05, 4.69) is 4.98 Å². The number of pyridine rings is 1. The van der Waals surface area contributed by atoms with Crippen LogP contribution in [0.15, 0.2) is 17.2 Å². The van der Waals surface area contributed by atoms with Gasteiger partial charge >= 0.3 is 0 Å². The number of hydrogen-bond acceptors (Lipinski definition) is 3. The van der Waals surface area contributed by atoms with Gasteiger partial charge in [0.05, 0.1) is 11.1 Å². The van der Waals surface area contributed by atoms with E-state index < -0.39 is 5.38 Å². The quantitative estimate of drug-likeness (QED) is 0.588. The van der Waals surface area contributed by atoms with Crippen molar-refractivity contribution in [3.63, 3.8) is 0 Å². The molecule has 74 valence electrons. The molecule has 2 nitrogen and oxygen atoms in total. The molecule has 0 radical (unpaired) electrons. The van der Waals surface area contributed by atoms with Gasteiger partial charge in [-0.2, -0.15) is 5.26 Å². The summed E-state index contributed by atoms with van der Waals surface area (Å²) in [5, 5.41) is 9.00. The second-order valence-electron chi connectivity index (χ2n) is 3.03. The molecule has 0 saturated carbocycles. The third kappa shape index (κ3) is 3.57. The molecule has 0 aromatic carbocycles. The third-order valence-electron chi connectivity index (χ3n) is 1.59. The minimum atomic E-state index is -0.442. The number of nitriles is 1. The fourth-order valence-corrected chi connectivity index (χ4v) is 2.13. The Kier molecular flexibility index (Phi) is 4.24. The Hall–Kier alpha value is -0.720. The molecule has 14 heavy (non-hydrogen) atoms. The molecule has 0 fully saturated rings. The first kappa shape index (κ1) is 11.4. The van der Waals surface area contributed by atoms with Gasteiger partial charge in [-0.25, -0.2) is 4.98 Å². The van der Waals surface area contributed by atoms with Crippen LogP contribution in [-0.4, -0.2) is 16.1 Å². The van der Waals surface area contributed by atoms with Crippen LogP contribution in [0.1, 0.15) is 11.3 Å². The van der Waals surface area contributed by atoms with Crippen molar-refractivity contribution in [2.24, 2.45) is 0 Å². The SMILES string of the molecule is Cc1cc(C)nc(SCC(Cl)C#N)c1. The lowest BCUT2D eigenvalue weighted by Gasteiger charge is -2.03. The van der Waals surface area contributed by atoms with Gasteiger partial charge in [-0.1, -0.05) is 0 Å². The minimum absolute atomic E-state index is 0.442. The van der Waals surface area contributed by atoms with Crippen molar-refractivity contribution in [3.05, 3.63) is 23.4 Å². The van der Waals surface area contributed by atoms with Crippen molar-refractivity contribution in [2.45, 2.75) is 24.3 Å². The first-order chi connectivity index (χ1) is 6.61. The molecular formula is C10H11ClN2S. The lowest BCUT2D eigenvalue weighted by molar-refractivity contribution is 1.04. The number of aryl methyl sites for hydroxylation is 2. The van der Waals surface area contributed by atoms with Gasteiger partial charge in [0.25, 0.3) is 0 Å². The highest BCUT2D eigenvalue weighted by atomic mass is 35.5. The average molecular weight is 227 g/mol. The number of nitrogens with zero attached hydrogens (tertiary/aromatic N) is 2. The molecule has 1 rings (SSSR count). The molecule has 4 heteroatoms. The summed E-state index contributed by atoms with van der Waals surface area (Å²) >= 11 is 7.20. The van der Waals surface area contributed by atoms with Crippen LogP contribution in [0.3, 0.4) is 0 Å². The summed E-state index contributed by atoms with van der Waals surface area (Å²) in [7, 11) is 0. The van der Waals surface area contributed by atoms with E-state index in [0.29, 0.717) is 5.75 Å². The summed E-state index contributed by atoms with van der Waals surface area (Å²) in [6.07, 6.45) is 0. The maximum Gasteiger partial charge on any atom is 0.130 e. The molecule has 0 amide bonds.